The van der Waals surface area contributed by atoms with Gasteiger partial charge in [-0.05, 0) is 68.7 Å². The monoisotopic (exact) mass is 359 g/mol. The molecule has 1 saturated carbocycles. The lowest BCUT2D eigenvalue weighted by atomic mass is 9.75. The molecule has 0 radical (unpaired) electrons. The lowest BCUT2D eigenvalue weighted by Crippen LogP contribution is -2.31. The van der Waals surface area contributed by atoms with Gasteiger partial charge in [0.15, 0.2) is 0 Å². The Morgan fingerprint density at radius 2 is 1.88 bits per heavy atom. The Morgan fingerprint density at radius 3 is 2.47 bits per heavy atom. The zero-order valence-corrected chi connectivity index (χ0v) is 13.6. The first-order valence-electron chi connectivity index (χ1n) is 6.18. The molecule has 17 heavy (non-hydrogen) atoms. The molecule has 0 saturated heterocycles. The topological polar surface area (TPSA) is 12.0 Å². The van der Waals surface area contributed by atoms with Gasteiger partial charge in [-0.25, -0.2) is 0 Å². The van der Waals surface area contributed by atoms with Gasteiger partial charge in [-0.3, -0.25) is 0 Å². The molecular weight excluding hydrogens is 342 g/mol. The Labute approximate surface area is 121 Å². The third-order valence-corrected chi connectivity index (χ3v) is 4.84. The van der Waals surface area contributed by atoms with Gasteiger partial charge in [0.25, 0.3) is 0 Å². The number of halogens is 2. The summed E-state index contributed by atoms with van der Waals surface area (Å²) in [5.74, 6) is 0. The van der Waals surface area contributed by atoms with E-state index >= 15 is 0 Å². The highest BCUT2D eigenvalue weighted by molar-refractivity contribution is 9.11. The van der Waals surface area contributed by atoms with Crippen LogP contribution in [0.2, 0.25) is 0 Å². The van der Waals surface area contributed by atoms with Gasteiger partial charge in [0.1, 0.15) is 0 Å². The van der Waals surface area contributed by atoms with Crippen molar-refractivity contribution in [1.29, 1.82) is 0 Å². The Kier molecular flexibility index (Phi) is 4.19. The second-order valence-electron chi connectivity index (χ2n) is 5.70. The van der Waals surface area contributed by atoms with Gasteiger partial charge in [-0.2, -0.15) is 0 Å². The van der Waals surface area contributed by atoms with Gasteiger partial charge in [0.2, 0.25) is 0 Å². The van der Waals surface area contributed by atoms with E-state index in [0.717, 1.165) is 8.95 Å². The molecule has 1 aromatic rings. The summed E-state index contributed by atoms with van der Waals surface area (Å²) in [6.07, 6.45) is 5.20. The lowest BCUT2D eigenvalue weighted by Gasteiger charge is -2.36. The Morgan fingerprint density at radius 1 is 1.24 bits per heavy atom. The van der Waals surface area contributed by atoms with Crippen molar-refractivity contribution in [2.24, 2.45) is 5.41 Å². The fraction of sp³-hybridized carbons (Fsp3) is 0.571. The first-order chi connectivity index (χ1) is 7.98. The summed E-state index contributed by atoms with van der Waals surface area (Å²) in [6.45, 7) is 4.74. The molecule has 0 spiro atoms. The Balaban J connectivity index is 2.10. The second kappa shape index (κ2) is 5.31. The highest BCUT2D eigenvalue weighted by atomic mass is 79.9. The molecule has 2 rings (SSSR count). The minimum absolute atomic E-state index is 0.476. The molecule has 0 amide bonds. The number of hydrogen-bond donors (Lipinski definition) is 1. The molecule has 1 atom stereocenters. The molecule has 0 aromatic heterocycles. The van der Waals surface area contributed by atoms with Gasteiger partial charge in [-0.15, -0.1) is 0 Å². The third kappa shape index (κ3) is 3.47. The molecule has 1 unspecified atom stereocenters. The van der Waals surface area contributed by atoms with Crippen molar-refractivity contribution in [2.75, 3.05) is 5.32 Å². The Hall–Kier alpha value is -0.0200. The molecule has 0 bridgehead atoms. The average molecular weight is 361 g/mol. The fourth-order valence-corrected chi connectivity index (χ4v) is 3.89. The summed E-state index contributed by atoms with van der Waals surface area (Å²) in [5, 5.41) is 3.68. The van der Waals surface area contributed by atoms with Crippen molar-refractivity contribution in [3.8, 4) is 0 Å². The van der Waals surface area contributed by atoms with Gasteiger partial charge in [0, 0.05) is 15.0 Å². The van der Waals surface area contributed by atoms with Crippen LogP contribution in [0.15, 0.2) is 27.1 Å². The third-order valence-electron chi connectivity index (χ3n) is 3.52. The van der Waals surface area contributed by atoms with Crippen LogP contribution in [-0.2, 0) is 0 Å². The molecule has 1 aliphatic carbocycles. The highest BCUT2D eigenvalue weighted by Crippen LogP contribution is 2.38. The number of para-hydroxylation sites is 1. The van der Waals surface area contributed by atoms with Crippen LogP contribution in [0.5, 0.6) is 0 Å². The fourth-order valence-electron chi connectivity index (χ4n) is 2.66. The van der Waals surface area contributed by atoms with E-state index in [9.17, 15) is 0 Å². The van der Waals surface area contributed by atoms with Crippen LogP contribution in [0.25, 0.3) is 0 Å². The zero-order chi connectivity index (χ0) is 12.5. The van der Waals surface area contributed by atoms with E-state index in [2.05, 4.69) is 63.2 Å². The SMILES string of the molecule is CC1(C)CCCC(Nc2c(Br)cccc2Br)C1. The van der Waals surface area contributed by atoms with E-state index in [1.54, 1.807) is 0 Å². The summed E-state index contributed by atoms with van der Waals surface area (Å²) < 4.78 is 2.27. The molecule has 94 valence electrons. The highest BCUT2D eigenvalue weighted by Gasteiger charge is 2.28. The van der Waals surface area contributed by atoms with E-state index in [0.29, 0.717) is 11.5 Å². The van der Waals surface area contributed by atoms with Gasteiger partial charge < -0.3 is 5.32 Å². The quantitative estimate of drug-likeness (QED) is 0.724. The number of rotatable bonds is 2. The predicted molar refractivity (Wildman–Crippen MR) is 81.5 cm³/mol. The van der Waals surface area contributed by atoms with Crippen LogP contribution >= 0.6 is 31.9 Å². The minimum atomic E-state index is 0.476. The van der Waals surface area contributed by atoms with Crippen LogP contribution in [-0.4, -0.2) is 6.04 Å². The van der Waals surface area contributed by atoms with Crippen molar-refractivity contribution >= 4 is 37.5 Å². The largest absolute Gasteiger partial charge is 0.380 e. The Bertz CT molecular complexity index is 381. The summed E-state index contributed by atoms with van der Waals surface area (Å²) in [6, 6.07) is 6.81. The van der Waals surface area contributed by atoms with Crippen LogP contribution < -0.4 is 5.32 Å². The summed E-state index contributed by atoms with van der Waals surface area (Å²) >= 11 is 7.22. The van der Waals surface area contributed by atoms with E-state index in [1.807, 2.05) is 6.07 Å². The van der Waals surface area contributed by atoms with Crippen LogP contribution in [0.4, 0.5) is 5.69 Å². The number of anilines is 1. The first-order valence-corrected chi connectivity index (χ1v) is 7.77. The van der Waals surface area contributed by atoms with Gasteiger partial charge in [0.05, 0.1) is 5.69 Å². The normalized spacial score (nSPS) is 23.4. The molecule has 0 heterocycles. The molecule has 0 aliphatic heterocycles. The van der Waals surface area contributed by atoms with Crippen molar-refractivity contribution < 1.29 is 0 Å². The van der Waals surface area contributed by atoms with Crippen LogP contribution in [0, 0.1) is 5.41 Å². The zero-order valence-electron chi connectivity index (χ0n) is 10.4. The molecule has 1 N–H and O–H groups in total. The summed E-state index contributed by atoms with van der Waals surface area (Å²) in [7, 11) is 0. The van der Waals surface area contributed by atoms with E-state index in [-0.39, 0.29) is 0 Å². The molecule has 1 fully saturated rings. The maximum atomic E-state index is 3.68. The number of nitrogens with one attached hydrogen (secondary N) is 1. The predicted octanol–water partition coefficient (Wildman–Crippen LogP) is 5.59. The van der Waals surface area contributed by atoms with E-state index < -0.39 is 0 Å². The number of benzene rings is 1. The van der Waals surface area contributed by atoms with E-state index in [4.69, 9.17) is 0 Å². The molecule has 1 aliphatic rings. The summed E-state index contributed by atoms with van der Waals surface area (Å²) in [5.41, 5.74) is 1.67. The summed E-state index contributed by atoms with van der Waals surface area (Å²) in [4.78, 5) is 0. The van der Waals surface area contributed by atoms with Gasteiger partial charge >= 0.3 is 0 Å². The number of hydrogen-bond acceptors (Lipinski definition) is 1. The lowest BCUT2D eigenvalue weighted by molar-refractivity contribution is 0.229. The first kappa shape index (κ1) is 13.4. The molecular formula is C14H19Br2N. The maximum absolute atomic E-state index is 3.68. The average Bonchev–Trinajstić information content (AvgIpc) is 2.22. The molecule has 1 aromatic carbocycles. The van der Waals surface area contributed by atoms with Crippen molar-refractivity contribution in [2.45, 2.75) is 45.6 Å². The standard InChI is InChI=1S/C14H19Br2N/c1-14(2)8-4-5-10(9-14)17-13-11(15)6-3-7-12(13)16/h3,6-7,10,17H,4-5,8-9H2,1-2H3. The maximum Gasteiger partial charge on any atom is 0.0631 e. The van der Waals surface area contributed by atoms with E-state index in [1.165, 1.54) is 31.4 Å². The molecule has 3 heteroatoms. The van der Waals surface area contributed by atoms with Crippen molar-refractivity contribution in [3.63, 3.8) is 0 Å². The second-order valence-corrected chi connectivity index (χ2v) is 7.41. The smallest absolute Gasteiger partial charge is 0.0631 e. The van der Waals surface area contributed by atoms with Crippen LogP contribution in [0.1, 0.15) is 39.5 Å². The minimum Gasteiger partial charge on any atom is -0.380 e. The van der Waals surface area contributed by atoms with Crippen LogP contribution in [0.3, 0.4) is 0 Å². The van der Waals surface area contributed by atoms with Crippen molar-refractivity contribution in [1.82, 2.24) is 0 Å². The molecule has 1 nitrogen and oxygen atoms in total. The van der Waals surface area contributed by atoms with Crippen molar-refractivity contribution in [3.05, 3.63) is 27.1 Å². The van der Waals surface area contributed by atoms with Gasteiger partial charge in [-0.1, -0.05) is 26.3 Å².